The number of anilines is 1. The summed E-state index contributed by atoms with van der Waals surface area (Å²) in [4.78, 5) is 11.4. The van der Waals surface area contributed by atoms with E-state index in [0.717, 1.165) is 0 Å². The van der Waals surface area contributed by atoms with Crippen LogP contribution in [-0.4, -0.2) is 26.7 Å². The maximum absolute atomic E-state index is 11.4. The van der Waals surface area contributed by atoms with Gasteiger partial charge in [0.25, 0.3) is 0 Å². The Morgan fingerprint density at radius 3 is 2.47 bits per heavy atom. The van der Waals surface area contributed by atoms with Crippen LogP contribution in [0.25, 0.3) is 0 Å². The average Bonchev–Trinajstić information content (AvgIpc) is 2.34. The van der Waals surface area contributed by atoms with Crippen LogP contribution in [0, 0.1) is 11.3 Å². The zero-order chi connectivity index (χ0) is 14.3. The first-order valence-electron chi connectivity index (χ1n) is 5.46. The van der Waals surface area contributed by atoms with Gasteiger partial charge in [0.15, 0.2) is 0 Å². The maximum Gasteiger partial charge on any atom is 0.319 e. The fraction of sp³-hybridized carbons (Fsp3) is 0.273. The Kier molecular flexibility index (Phi) is 5.29. The molecule has 0 aliphatic rings. The van der Waals surface area contributed by atoms with Crippen molar-refractivity contribution in [2.45, 2.75) is 6.42 Å². The number of primary sulfonamides is 1. The van der Waals surface area contributed by atoms with Gasteiger partial charge in [0.2, 0.25) is 10.0 Å². The summed E-state index contributed by atoms with van der Waals surface area (Å²) in [5.74, 6) is -0.176. The third-order valence-electron chi connectivity index (χ3n) is 2.16. The molecule has 1 rings (SSSR count). The highest BCUT2D eigenvalue weighted by atomic mass is 32.2. The summed E-state index contributed by atoms with van der Waals surface area (Å²) in [5.41, 5.74) is 1.04. The zero-order valence-electron chi connectivity index (χ0n) is 10.1. The van der Waals surface area contributed by atoms with Crippen LogP contribution in [0.4, 0.5) is 10.5 Å². The fourth-order valence-electron chi connectivity index (χ4n) is 1.28. The van der Waals surface area contributed by atoms with E-state index < -0.39 is 16.1 Å². The number of carbonyl (C=O) groups is 1. The molecule has 4 N–H and O–H groups in total. The van der Waals surface area contributed by atoms with Gasteiger partial charge in [-0.05, 0) is 30.7 Å². The molecule has 1 aromatic carbocycles. The summed E-state index contributed by atoms with van der Waals surface area (Å²) in [6, 6.07) is 7.88. The van der Waals surface area contributed by atoms with E-state index in [1.165, 1.54) is 0 Å². The fourth-order valence-corrected chi connectivity index (χ4v) is 1.83. The second-order valence-electron chi connectivity index (χ2n) is 3.79. The predicted molar refractivity (Wildman–Crippen MR) is 70.8 cm³/mol. The molecule has 0 saturated carbocycles. The number of carbonyl (C=O) groups excluding carboxylic acids is 1. The highest BCUT2D eigenvalue weighted by molar-refractivity contribution is 7.89. The van der Waals surface area contributed by atoms with E-state index in [9.17, 15) is 13.2 Å². The number of nitrogens with two attached hydrogens (primary N) is 1. The van der Waals surface area contributed by atoms with Crippen molar-refractivity contribution in [2.75, 3.05) is 17.6 Å². The van der Waals surface area contributed by atoms with E-state index >= 15 is 0 Å². The minimum atomic E-state index is -3.49. The van der Waals surface area contributed by atoms with E-state index in [4.69, 9.17) is 10.4 Å². The molecule has 0 aliphatic carbocycles. The number of hydrogen-bond acceptors (Lipinski definition) is 4. The third-order valence-corrected chi connectivity index (χ3v) is 3.02. The van der Waals surface area contributed by atoms with Gasteiger partial charge in [0.05, 0.1) is 17.4 Å². The topological polar surface area (TPSA) is 125 Å². The van der Waals surface area contributed by atoms with Gasteiger partial charge in [-0.1, -0.05) is 0 Å². The Bertz CT molecular complexity index is 575. The SMILES string of the molecule is N#Cc1ccc(NC(=O)NCCCS(N)(=O)=O)cc1. The lowest BCUT2D eigenvalue weighted by molar-refractivity contribution is 0.252. The summed E-state index contributed by atoms with van der Waals surface area (Å²) in [6.07, 6.45) is 0.250. The monoisotopic (exact) mass is 282 g/mol. The minimum absolute atomic E-state index is 0.176. The van der Waals surface area contributed by atoms with E-state index in [2.05, 4.69) is 10.6 Å². The number of rotatable bonds is 5. The number of nitriles is 1. The van der Waals surface area contributed by atoms with Crippen LogP contribution in [-0.2, 0) is 10.0 Å². The normalized spacial score (nSPS) is 10.5. The lowest BCUT2D eigenvalue weighted by Gasteiger charge is -2.07. The van der Waals surface area contributed by atoms with Crippen molar-refractivity contribution in [1.82, 2.24) is 5.32 Å². The molecule has 0 heterocycles. The number of urea groups is 1. The first kappa shape index (κ1) is 14.9. The van der Waals surface area contributed by atoms with Gasteiger partial charge >= 0.3 is 6.03 Å². The van der Waals surface area contributed by atoms with Gasteiger partial charge in [-0.3, -0.25) is 0 Å². The summed E-state index contributed by atoms with van der Waals surface area (Å²) < 4.78 is 21.3. The molecule has 0 saturated heterocycles. The number of benzene rings is 1. The van der Waals surface area contributed by atoms with E-state index in [1.807, 2.05) is 6.07 Å². The summed E-state index contributed by atoms with van der Waals surface area (Å²) in [7, 11) is -3.49. The number of amides is 2. The molecule has 0 aliphatic heterocycles. The van der Waals surface area contributed by atoms with Crippen LogP contribution < -0.4 is 15.8 Å². The van der Waals surface area contributed by atoms with Gasteiger partial charge in [-0.25, -0.2) is 18.4 Å². The van der Waals surface area contributed by atoms with Crippen LogP contribution in [0.5, 0.6) is 0 Å². The largest absolute Gasteiger partial charge is 0.338 e. The Morgan fingerprint density at radius 1 is 1.32 bits per heavy atom. The number of nitrogens with one attached hydrogen (secondary N) is 2. The van der Waals surface area contributed by atoms with Crippen molar-refractivity contribution in [3.05, 3.63) is 29.8 Å². The number of nitrogens with zero attached hydrogens (tertiary/aromatic N) is 1. The first-order valence-corrected chi connectivity index (χ1v) is 7.18. The Balaban J connectivity index is 2.33. The second-order valence-corrected chi connectivity index (χ2v) is 5.52. The lowest BCUT2D eigenvalue weighted by Crippen LogP contribution is -2.31. The molecule has 0 unspecified atom stereocenters. The molecule has 8 heteroatoms. The van der Waals surface area contributed by atoms with Crippen LogP contribution in [0.1, 0.15) is 12.0 Å². The van der Waals surface area contributed by atoms with E-state index in [0.29, 0.717) is 11.3 Å². The Hall–Kier alpha value is -2.11. The van der Waals surface area contributed by atoms with Gasteiger partial charge < -0.3 is 10.6 Å². The molecule has 19 heavy (non-hydrogen) atoms. The molecule has 2 amide bonds. The summed E-state index contributed by atoms with van der Waals surface area (Å²) in [5, 5.41) is 18.5. The molecule has 0 radical (unpaired) electrons. The highest BCUT2D eigenvalue weighted by Crippen LogP contribution is 2.08. The van der Waals surface area contributed by atoms with Crippen molar-refractivity contribution in [3.8, 4) is 6.07 Å². The number of hydrogen-bond donors (Lipinski definition) is 3. The molecule has 0 atom stereocenters. The molecule has 0 aromatic heterocycles. The van der Waals surface area contributed by atoms with Crippen molar-refractivity contribution < 1.29 is 13.2 Å². The molecule has 1 aromatic rings. The molecule has 102 valence electrons. The van der Waals surface area contributed by atoms with Gasteiger partial charge in [0, 0.05) is 12.2 Å². The minimum Gasteiger partial charge on any atom is -0.338 e. The van der Waals surface area contributed by atoms with Crippen molar-refractivity contribution in [3.63, 3.8) is 0 Å². The first-order chi connectivity index (χ1) is 8.90. The van der Waals surface area contributed by atoms with Crippen LogP contribution >= 0.6 is 0 Å². The summed E-state index contributed by atoms with van der Waals surface area (Å²) >= 11 is 0. The molecule has 7 nitrogen and oxygen atoms in total. The zero-order valence-corrected chi connectivity index (χ0v) is 10.9. The molecule has 0 fully saturated rings. The maximum atomic E-state index is 11.4. The van der Waals surface area contributed by atoms with Crippen LogP contribution in [0.3, 0.4) is 0 Å². The van der Waals surface area contributed by atoms with E-state index in [1.54, 1.807) is 24.3 Å². The number of sulfonamides is 1. The van der Waals surface area contributed by atoms with Crippen LogP contribution in [0.15, 0.2) is 24.3 Å². The smallest absolute Gasteiger partial charge is 0.319 e. The highest BCUT2D eigenvalue weighted by Gasteiger charge is 2.04. The van der Waals surface area contributed by atoms with Crippen molar-refractivity contribution >= 4 is 21.7 Å². The van der Waals surface area contributed by atoms with Gasteiger partial charge in [-0.15, -0.1) is 0 Å². The summed E-state index contributed by atoms with van der Waals surface area (Å²) in [6.45, 7) is 0.207. The second kappa shape index (κ2) is 6.72. The standard InChI is InChI=1S/C11H14N4O3S/c12-8-9-2-4-10(5-3-9)15-11(16)14-6-1-7-19(13,17)18/h2-5H,1,6-7H2,(H2,13,17,18)(H2,14,15,16). The predicted octanol–water partition coefficient (Wildman–Crippen LogP) is 0.358. The van der Waals surface area contributed by atoms with Crippen LogP contribution in [0.2, 0.25) is 0 Å². The quantitative estimate of drug-likeness (QED) is 0.674. The van der Waals surface area contributed by atoms with Crippen molar-refractivity contribution in [2.24, 2.45) is 5.14 Å². The average molecular weight is 282 g/mol. The molecule has 0 bridgehead atoms. The molecular formula is C11H14N4O3S. The molecule has 0 spiro atoms. The Labute approximate surface area is 111 Å². The van der Waals surface area contributed by atoms with E-state index in [-0.39, 0.29) is 18.7 Å². The molecular weight excluding hydrogens is 268 g/mol. The lowest BCUT2D eigenvalue weighted by atomic mass is 10.2. The van der Waals surface area contributed by atoms with Crippen molar-refractivity contribution in [1.29, 1.82) is 5.26 Å². The third kappa shape index (κ3) is 6.40. The van der Waals surface area contributed by atoms with Gasteiger partial charge in [-0.2, -0.15) is 5.26 Å². The van der Waals surface area contributed by atoms with Gasteiger partial charge in [0.1, 0.15) is 0 Å². The Morgan fingerprint density at radius 2 is 1.95 bits per heavy atom.